The van der Waals surface area contributed by atoms with Gasteiger partial charge < -0.3 is 0 Å². The minimum absolute atomic E-state index is 0.364. The summed E-state index contributed by atoms with van der Waals surface area (Å²) in [6.45, 7) is 0. The predicted octanol–water partition coefficient (Wildman–Crippen LogP) is 1.83. The molecule has 0 amide bonds. The third kappa shape index (κ3) is 2.84. The molecular weight excluding hydrogens is 251 g/mol. The molecule has 1 nitrogen and oxygen atoms in total. The van der Waals surface area contributed by atoms with Crippen LogP contribution in [0.2, 0.25) is 0 Å². The monoisotopic (exact) mass is 262 g/mol. The Morgan fingerprint density at radius 1 is 1.07 bits per heavy atom. The molecule has 0 radical (unpaired) electrons. The van der Waals surface area contributed by atoms with Gasteiger partial charge in [0.05, 0.1) is 0 Å². The summed E-state index contributed by atoms with van der Waals surface area (Å²) in [5.74, 6) is 5.86. The molecule has 0 spiro atoms. The van der Waals surface area contributed by atoms with Gasteiger partial charge in [-0.25, -0.2) is 0 Å². The quantitative estimate of drug-likeness (QED) is 0.613. The van der Waals surface area contributed by atoms with E-state index in [1.54, 1.807) is 0 Å². The number of benzene rings is 1. The van der Waals surface area contributed by atoms with Crippen LogP contribution in [0.5, 0.6) is 0 Å². The van der Waals surface area contributed by atoms with Crippen LogP contribution in [0.4, 0.5) is 0 Å². The molecule has 0 saturated heterocycles. The first-order valence-electron chi connectivity index (χ1n) is 4.64. The maximum absolute atomic E-state index is 9.77. The van der Waals surface area contributed by atoms with Crippen molar-refractivity contribution < 1.29 is 5.11 Å². The first-order valence-corrected chi connectivity index (χ1v) is 6.49. The number of aliphatic hydroxyl groups is 1. The normalized spacial score (nSPS) is 11.5. The summed E-state index contributed by atoms with van der Waals surface area (Å²) in [7, 11) is 0. The third-order valence-electron chi connectivity index (χ3n) is 1.97. The molecule has 1 unspecified atom stereocenters. The zero-order chi connectivity index (χ0) is 10.5. The molecule has 2 heteroatoms. The second-order valence-corrected chi connectivity index (χ2v) is 5.05. The first kappa shape index (κ1) is 10.3. The maximum atomic E-state index is 9.77. The zero-order valence-corrected chi connectivity index (χ0v) is 9.76. The van der Waals surface area contributed by atoms with Crippen molar-refractivity contribution >= 4 is 14.5 Å². The summed E-state index contributed by atoms with van der Waals surface area (Å²) >= 11 is 0.364. The van der Waals surface area contributed by atoms with Crippen molar-refractivity contribution in [3.8, 4) is 11.8 Å². The third-order valence-corrected chi connectivity index (χ3v) is 3.62. The van der Waals surface area contributed by atoms with Gasteiger partial charge in [0.25, 0.3) is 0 Å². The summed E-state index contributed by atoms with van der Waals surface area (Å²) < 4.78 is 1.12. The van der Waals surface area contributed by atoms with Gasteiger partial charge in [0.1, 0.15) is 0 Å². The van der Waals surface area contributed by atoms with Crippen LogP contribution in [-0.2, 0) is 0 Å². The van der Waals surface area contributed by atoms with Crippen LogP contribution < -0.4 is 0 Å². The van der Waals surface area contributed by atoms with Gasteiger partial charge in [-0.1, -0.05) is 0 Å². The molecule has 74 valence electrons. The van der Waals surface area contributed by atoms with Gasteiger partial charge in [0.2, 0.25) is 0 Å². The van der Waals surface area contributed by atoms with Crippen LogP contribution in [0.25, 0.3) is 0 Å². The second kappa shape index (κ2) is 5.00. The Kier molecular flexibility index (Phi) is 3.42. The number of aliphatic hydroxyl groups excluding tert-OH is 1. The van der Waals surface area contributed by atoms with Crippen molar-refractivity contribution in [3.05, 3.63) is 57.4 Å². The van der Waals surface area contributed by atoms with Gasteiger partial charge in [0, 0.05) is 0 Å². The second-order valence-electron chi connectivity index (χ2n) is 3.06. The fraction of sp³-hybridized carbons (Fsp3) is 0.0769. The van der Waals surface area contributed by atoms with Crippen LogP contribution in [0.15, 0.2) is 47.4 Å². The average Bonchev–Trinajstić information content (AvgIpc) is 2.80. The Morgan fingerprint density at radius 3 is 2.53 bits per heavy atom. The van der Waals surface area contributed by atoms with E-state index in [4.69, 9.17) is 0 Å². The number of hydrogen-bond acceptors (Lipinski definition) is 1. The zero-order valence-electron chi connectivity index (χ0n) is 8.05. The molecule has 0 saturated carbocycles. The average molecular weight is 261 g/mol. The molecule has 15 heavy (non-hydrogen) atoms. The molecular formula is C13H10OSe. The Labute approximate surface area is 95.1 Å². The van der Waals surface area contributed by atoms with E-state index in [9.17, 15) is 5.11 Å². The van der Waals surface area contributed by atoms with E-state index in [0.29, 0.717) is 14.5 Å². The van der Waals surface area contributed by atoms with Crippen molar-refractivity contribution in [1.29, 1.82) is 0 Å². The Balaban J connectivity index is 2.13. The van der Waals surface area contributed by atoms with Crippen molar-refractivity contribution in [2.45, 2.75) is 6.10 Å². The van der Waals surface area contributed by atoms with Gasteiger partial charge in [-0.2, -0.15) is 0 Å². The molecule has 1 heterocycles. The molecule has 0 aliphatic heterocycles. The van der Waals surface area contributed by atoms with E-state index in [-0.39, 0.29) is 0 Å². The molecule has 1 N–H and O–H groups in total. The van der Waals surface area contributed by atoms with Crippen LogP contribution in [0, 0.1) is 11.8 Å². The molecule has 1 atom stereocenters. The standard InChI is InChI=1S/C13H10OSe/c14-13(11-5-2-1-3-6-11)9-8-12-7-4-10-15-12/h1-7,10,13-14H. The van der Waals surface area contributed by atoms with E-state index >= 15 is 0 Å². The van der Waals surface area contributed by atoms with Crippen LogP contribution in [-0.4, -0.2) is 19.6 Å². The van der Waals surface area contributed by atoms with E-state index in [1.807, 2.05) is 42.5 Å². The molecule has 2 aromatic rings. The topological polar surface area (TPSA) is 20.2 Å². The summed E-state index contributed by atoms with van der Waals surface area (Å²) in [5, 5.41) is 9.77. The molecule has 1 aromatic heterocycles. The van der Waals surface area contributed by atoms with Crippen LogP contribution >= 0.6 is 0 Å². The number of rotatable bonds is 1. The van der Waals surface area contributed by atoms with Crippen molar-refractivity contribution in [2.24, 2.45) is 0 Å². The summed E-state index contributed by atoms with van der Waals surface area (Å²) in [6.07, 6.45) is -0.677. The molecule has 1 aromatic carbocycles. The molecule has 0 aliphatic carbocycles. The van der Waals surface area contributed by atoms with Gasteiger partial charge in [-0.15, -0.1) is 0 Å². The molecule has 0 bridgehead atoms. The van der Waals surface area contributed by atoms with Crippen molar-refractivity contribution in [1.82, 2.24) is 0 Å². The Bertz CT molecular complexity index is 462. The molecule has 2 rings (SSSR count). The van der Waals surface area contributed by atoms with Crippen molar-refractivity contribution in [3.63, 3.8) is 0 Å². The predicted molar refractivity (Wildman–Crippen MR) is 61.7 cm³/mol. The number of hydrogen-bond donors (Lipinski definition) is 1. The van der Waals surface area contributed by atoms with Gasteiger partial charge >= 0.3 is 95.0 Å². The van der Waals surface area contributed by atoms with E-state index in [1.165, 1.54) is 0 Å². The van der Waals surface area contributed by atoms with Gasteiger partial charge in [-0.05, 0) is 0 Å². The SMILES string of the molecule is OC(C#Cc1ccc[se]1)c1ccccc1. The fourth-order valence-corrected chi connectivity index (χ4v) is 2.42. The summed E-state index contributed by atoms with van der Waals surface area (Å²) in [5.41, 5.74) is 0.851. The minimum atomic E-state index is -0.677. The van der Waals surface area contributed by atoms with Crippen LogP contribution in [0.1, 0.15) is 16.1 Å². The fourth-order valence-electron chi connectivity index (χ4n) is 1.21. The van der Waals surface area contributed by atoms with Gasteiger partial charge in [0.15, 0.2) is 0 Å². The van der Waals surface area contributed by atoms with E-state index in [0.717, 1.165) is 10.0 Å². The molecule has 0 aliphatic rings. The van der Waals surface area contributed by atoms with Crippen molar-refractivity contribution in [2.75, 3.05) is 0 Å². The van der Waals surface area contributed by atoms with Crippen LogP contribution in [0.3, 0.4) is 0 Å². The van der Waals surface area contributed by atoms with Gasteiger partial charge in [-0.3, -0.25) is 0 Å². The Morgan fingerprint density at radius 2 is 1.87 bits per heavy atom. The van der Waals surface area contributed by atoms with E-state index in [2.05, 4.69) is 16.8 Å². The molecule has 0 fully saturated rings. The van der Waals surface area contributed by atoms with E-state index < -0.39 is 6.10 Å². The Hall–Kier alpha value is -1.26. The summed E-state index contributed by atoms with van der Waals surface area (Å²) in [4.78, 5) is 2.12. The summed E-state index contributed by atoms with van der Waals surface area (Å²) in [6, 6.07) is 13.5. The first-order chi connectivity index (χ1) is 7.36.